The number of aliphatic carboxylic acids is 1. The standard InChI is InChI=1S/C6H7NO3/c1-2-7-5(8)3-4-6(9)10/h2-4H,1H2,(H,7,8)(H,9,10)/b4-3-. The van der Waals surface area contributed by atoms with E-state index in [9.17, 15) is 9.59 Å². The summed E-state index contributed by atoms with van der Waals surface area (Å²) in [6.07, 6.45) is 2.83. The summed E-state index contributed by atoms with van der Waals surface area (Å²) in [6.45, 7) is 3.21. The predicted octanol–water partition coefficient (Wildman–Crippen LogP) is -0.113. The van der Waals surface area contributed by atoms with Crippen LogP contribution in [0.1, 0.15) is 0 Å². The van der Waals surface area contributed by atoms with Crippen LogP contribution in [0.5, 0.6) is 0 Å². The van der Waals surface area contributed by atoms with Crippen LogP contribution in [0.4, 0.5) is 0 Å². The predicted molar refractivity (Wildman–Crippen MR) is 35.1 cm³/mol. The number of carbonyl (C=O) groups excluding carboxylic acids is 1. The summed E-state index contributed by atoms with van der Waals surface area (Å²) in [6, 6.07) is 0. The molecule has 0 aromatic heterocycles. The topological polar surface area (TPSA) is 66.4 Å². The van der Waals surface area contributed by atoms with Crippen molar-refractivity contribution in [1.82, 2.24) is 5.32 Å². The summed E-state index contributed by atoms with van der Waals surface area (Å²) in [5.41, 5.74) is 0. The summed E-state index contributed by atoms with van der Waals surface area (Å²) in [7, 11) is 0. The maximum Gasteiger partial charge on any atom is 0.328 e. The van der Waals surface area contributed by atoms with E-state index in [1.165, 1.54) is 6.20 Å². The average Bonchev–Trinajstić information content (AvgIpc) is 1.85. The van der Waals surface area contributed by atoms with Gasteiger partial charge < -0.3 is 10.4 Å². The molecular formula is C6H7NO3. The fourth-order valence-electron chi connectivity index (χ4n) is 0.296. The van der Waals surface area contributed by atoms with E-state index >= 15 is 0 Å². The lowest BCUT2D eigenvalue weighted by Crippen LogP contribution is -2.13. The number of hydrogen-bond acceptors (Lipinski definition) is 2. The van der Waals surface area contributed by atoms with Gasteiger partial charge in [-0.25, -0.2) is 4.79 Å². The summed E-state index contributed by atoms with van der Waals surface area (Å²) >= 11 is 0. The second kappa shape index (κ2) is 4.31. The van der Waals surface area contributed by atoms with Crippen molar-refractivity contribution in [3.63, 3.8) is 0 Å². The average molecular weight is 141 g/mol. The number of amides is 1. The third-order valence-electron chi connectivity index (χ3n) is 0.622. The van der Waals surface area contributed by atoms with Crippen LogP contribution in [0.3, 0.4) is 0 Å². The SMILES string of the molecule is C=CNC(=O)/C=C\C(=O)O. The molecule has 0 bridgehead atoms. The molecule has 0 saturated heterocycles. The summed E-state index contributed by atoms with van der Waals surface area (Å²) < 4.78 is 0. The van der Waals surface area contributed by atoms with Gasteiger partial charge in [-0.05, 0) is 6.20 Å². The number of nitrogens with one attached hydrogen (secondary N) is 1. The minimum atomic E-state index is -1.15. The molecule has 0 fully saturated rings. The summed E-state index contributed by atoms with van der Waals surface area (Å²) in [5, 5.41) is 10.2. The molecule has 0 atom stereocenters. The smallest absolute Gasteiger partial charge is 0.328 e. The Bertz CT molecular complexity index is 183. The van der Waals surface area contributed by atoms with E-state index in [2.05, 4.69) is 11.9 Å². The van der Waals surface area contributed by atoms with Crippen molar-refractivity contribution in [3.05, 3.63) is 24.9 Å². The van der Waals surface area contributed by atoms with Gasteiger partial charge in [0.05, 0.1) is 0 Å². The maximum atomic E-state index is 10.4. The van der Waals surface area contributed by atoms with Crippen molar-refractivity contribution in [2.24, 2.45) is 0 Å². The third-order valence-corrected chi connectivity index (χ3v) is 0.622. The van der Waals surface area contributed by atoms with Gasteiger partial charge in [-0.2, -0.15) is 0 Å². The Kier molecular flexibility index (Phi) is 3.63. The van der Waals surface area contributed by atoms with E-state index in [1.807, 2.05) is 0 Å². The first-order valence-electron chi connectivity index (χ1n) is 2.49. The molecule has 0 unspecified atom stereocenters. The minimum absolute atomic E-state index is 0.502. The Balaban J connectivity index is 3.77. The van der Waals surface area contributed by atoms with Crippen molar-refractivity contribution in [3.8, 4) is 0 Å². The molecule has 4 heteroatoms. The Hall–Kier alpha value is -1.58. The number of rotatable bonds is 3. The number of carboxylic acid groups (broad SMARTS) is 1. The minimum Gasteiger partial charge on any atom is -0.478 e. The Labute approximate surface area is 57.9 Å². The number of carbonyl (C=O) groups is 2. The molecule has 0 heterocycles. The molecule has 0 radical (unpaired) electrons. The van der Waals surface area contributed by atoms with Crippen LogP contribution in [0.15, 0.2) is 24.9 Å². The molecule has 0 saturated carbocycles. The third kappa shape index (κ3) is 4.58. The summed E-state index contributed by atoms with van der Waals surface area (Å²) in [5.74, 6) is -1.66. The molecule has 0 aliphatic carbocycles. The highest BCUT2D eigenvalue weighted by molar-refractivity contribution is 5.94. The van der Waals surface area contributed by atoms with Gasteiger partial charge in [-0.15, -0.1) is 0 Å². The van der Waals surface area contributed by atoms with E-state index < -0.39 is 11.9 Å². The van der Waals surface area contributed by atoms with Crippen LogP contribution >= 0.6 is 0 Å². The molecule has 0 aromatic carbocycles. The first-order chi connectivity index (χ1) is 4.66. The molecule has 4 nitrogen and oxygen atoms in total. The quantitative estimate of drug-likeness (QED) is 0.539. The fraction of sp³-hybridized carbons (Fsp3) is 0. The Morgan fingerprint density at radius 2 is 2.00 bits per heavy atom. The van der Waals surface area contributed by atoms with Crippen LogP contribution in [-0.4, -0.2) is 17.0 Å². The van der Waals surface area contributed by atoms with E-state index in [4.69, 9.17) is 5.11 Å². The van der Waals surface area contributed by atoms with Crippen LogP contribution in [0, 0.1) is 0 Å². The number of carboxylic acids is 1. The van der Waals surface area contributed by atoms with Gasteiger partial charge in [0.25, 0.3) is 0 Å². The normalized spacial score (nSPS) is 9.20. The molecule has 0 rings (SSSR count). The molecule has 2 N–H and O–H groups in total. The zero-order valence-electron chi connectivity index (χ0n) is 5.20. The van der Waals surface area contributed by atoms with Gasteiger partial charge >= 0.3 is 5.97 Å². The van der Waals surface area contributed by atoms with Gasteiger partial charge in [-0.1, -0.05) is 6.58 Å². The second-order valence-electron chi connectivity index (χ2n) is 1.38. The molecule has 0 aliphatic rings. The van der Waals surface area contributed by atoms with Crippen molar-refractivity contribution in [2.75, 3.05) is 0 Å². The highest BCUT2D eigenvalue weighted by Crippen LogP contribution is 1.72. The van der Waals surface area contributed by atoms with E-state index in [-0.39, 0.29) is 0 Å². The lowest BCUT2D eigenvalue weighted by molar-refractivity contribution is -0.131. The molecule has 10 heavy (non-hydrogen) atoms. The Morgan fingerprint density at radius 3 is 2.40 bits per heavy atom. The Morgan fingerprint density at radius 1 is 1.40 bits per heavy atom. The van der Waals surface area contributed by atoms with Crippen LogP contribution in [0.25, 0.3) is 0 Å². The van der Waals surface area contributed by atoms with Crippen molar-refractivity contribution in [2.45, 2.75) is 0 Å². The van der Waals surface area contributed by atoms with Crippen molar-refractivity contribution in [1.29, 1.82) is 0 Å². The lowest BCUT2D eigenvalue weighted by atomic mass is 10.5. The van der Waals surface area contributed by atoms with Gasteiger partial charge in [0.2, 0.25) is 5.91 Å². The second-order valence-corrected chi connectivity index (χ2v) is 1.38. The molecule has 1 amide bonds. The largest absolute Gasteiger partial charge is 0.478 e. The molecule has 0 aliphatic heterocycles. The van der Waals surface area contributed by atoms with Crippen LogP contribution in [0.2, 0.25) is 0 Å². The van der Waals surface area contributed by atoms with Gasteiger partial charge in [0, 0.05) is 12.2 Å². The molecule has 0 aromatic rings. The molecule has 0 spiro atoms. The maximum absolute atomic E-state index is 10.4. The summed E-state index contributed by atoms with van der Waals surface area (Å²) in [4.78, 5) is 20.2. The molecular weight excluding hydrogens is 134 g/mol. The van der Waals surface area contributed by atoms with Gasteiger partial charge in [0.15, 0.2) is 0 Å². The zero-order chi connectivity index (χ0) is 7.98. The fourth-order valence-corrected chi connectivity index (χ4v) is 0.296. The van der Waals surface area contributed by atoms with E-state index in [0.29, 0.717) is 0 Å². The number of hydrogen-bond donors (Lipinski definition) is 2. The first kappa shape index (κ1) is 8.42. The van der Waals surface area contributed by atoms with E-state index in [0.717, 1.165) is 12.2 Å². The van der Waals surface area contributed by atoms with Crippen LogP contribution < -0.4 is 5.32 Å². The molecule has 54 valence electrons. The van der Waals surface area contributed by atoms with Crippen molar-refractivity contribution >= 4 is 11.9 Å². The van der Waals surface area contributed by atoms with Crippen molar-refractivity contribution < 1.29 is 14.7 Å². The highest BCUT2D eigenvalue weighted by Gasteiger charge is 1.90. The lowest BCUT2D eigenvalue weighted by Gasteiger charge is -1.87. The highest BCUT2D eigenvalue weighted by atomic mass is 16.4. The van der Waals surface area contributed by atoms with E-state index in [1.54, 1.807) is 0 Å². The van der Waals surface area contributed by atoms with Gasteiger partial charge in [0.1, 0.15) is 0 Å². The van der Waals surface area contributed by atoms with Gasteiger partial charge in [-0.3, -0.25) is 4.79 Å². The zero-order valence-corrected chi connectivity index (χ0v) is 5.20. The monoisotopic (exact) mass is 141 g/mol. The first-order valence-corrected chi connectivity index (χ1v) is 2.49. The van der Waals surface area contributed by atoms with Crippen LogP contribution in [-0.2, 0) is 9.59 Å².